The van der Waals surface area contributed by atoms with Gasteiger partial charge in [0.1, 0.15) is 5.78 Å². The van der Waals surface area contributed by atoms with Crippen molar-refractivity contribution in [1.29, 1.82) is 0 Å². The molecule has 2 aliphatic rings. The summed E-state index contributed by atoms with van der Waals surface area (Å²) in [5.41, 5.74) is 4.13. The number of benzene rings is 3. The van der Waals surface area contributed by atoms with Gasteiger partial charge in [0.25, 0.3) is 0 Å². The summed E-state index contributed by atoms with van der Waals surface area (Å²) in [4.78, 5) is 13.5. The second kappa shape index (κ2) is 9.90. The van der Waals surface area contributed by atoms with E-state index in [4.69, 9.17) is 14.6 Å². The molecule has 0 saturated heterocycles. The maximum absolute atomic E-state index is 13.4. The number of rotatable bonds is 10. The molecular weight excluding hydrogens is 494 g/mol. The van der Waals surface area contributed by atoms with Gasteiger partial charge in [-0.1, -0.05) is 36.4 Å². The standard InChI is InChI=1S/C28H29NO7S.3H2/c1-18-2-3-19(13-27(32)28(10-11-28)21-6-9-25-26(14-21)36-17-35-25)12-24(18)20-4-7-23(8-5-20)37(33,34)29-15-22(31)16-30;;;/h2-9,12,14,22,29-31H,10-11,13,15-17H2,1H3;3*1H/t22-;;;/m0.../s1. The van der Waals surface area contributed by atoms with E-state index in [-0.39, 0.29) is 28.3 Å². The highest BCUT2D eigenvalue weighted by Gasteiger charge is 2.50. The van der Waals surface area contributed by atoms with Crippen LogP contribution in [0.1, 0.15) is 33.8 Å². The van der Waals surface area contributed by atoms with Gasteiger partial charge in [-0.15, -0.1) is 0 Å². The number of sulfonamides is 1. The molecule has 3 aromatic rings. The van der Waals surface area contributed by atoms with Crippen molar-refractivity contribution in [3.63, 3.8) is 0 Å². The third kappa shape index (κ3) is 5.13. The lowest BCUT2D eigenvalue weighted by atomic mass is 9.87. The fraction of sp³-hybridized carbons (Fsp3) is 0.321. The number of fused-ring (bicyclic) bond motifs is 1. The zero-order valence-corrected chi connectivity index (χ0v) is 21.3. The predicted molar refractivity (Wildman–Crippen MR) is 143 cm³/mol. The number of hydrogen-bond acceptors (Lipinski definition) is 7. The number of nitrogens with one attached hydrogen (secondary N) is 1. The molecule has 5 rings (SSSR count). The van der Waals surface area contributed by atoms with E-state index in [1.807, 2.05) is 43.3 Å². The Labute approximate surface area is 220 Å². The molecule has 0 unspecified atom stereocenters. The van der Waals surface area contributed by atoms with Gasteiger partial charge >= 0.3 is 0 Å². The van der Waals surface area contributed by atoms with Gasteiger partial charge in [0.15, 0.2) is 11.5 Å². The Morgan fingerprint density at radius 2 is 1.78 bits per heavy atom. The monoisotopic (exact) mass is 529 g/mol. The largest absolute Gasteiger partial charge is 0.454 e. The van der Waals surface area contributed by atoms with E-state index in [0.717, 1.165) is 40.7 Å². The Morgan fingerprint density at radius 3 is 2.49 bits per heavy atom. The minimum Gasteiger partial charge on any atom is -0.454 e. The number of carbonyl (C=O) groups excluding carboxylic acids is 1. The molecule has 1 atom stereocenters. The predicted octanol–water partition coefficient (Wildman–Crippen LogP) is 3.60. The first-order valence-corrected chi connectivity index (χ1v) is 13.6. The molecule has 0 aromatic heterocycles. The van der Waals surface area contributed by atoms with Crippen molar-refractivity contribution < 1.29 is 37.2 Å². The molecule has 200 valence electrons. The average molecular weight is 530 g/mol. The molecule has 0 amide bonds. The van der Waals surface area contributed by atoms with Crippen molar-refractivity contribution in [2.45, 2.75) is 42.6 Å². The number of hydrogen-bond donors (Lipinski definition) is 3. The lowest BCUT2D eigenvalue weighted by Gasteiger charge is -2.16. The van der Waals surface area contributed by atoms with Crippen LogP contribution in [0.2, 0.25) is 0 Å². The second-order valence-corrected chi connectivity index (χ2v) is 11.4. The lowest BCUT2D eigenvalue weighted by molar-refractivity contribution is -0.120. The van der Waals surface area contributed by atoms with Crippen LogP contribution in [0, 0.1) is 6.92 Å². The van der Waals surface area contributed by atoms with Gasteiger partial charge in [0.2, 0.25) is 16.8 Å². The fourth-order valence-corrected chi connectivity index (χ4v) is 5.73. The third-order valence-corrected chi connectivity index (χ3v) is 8.51. The first-order chi connectivity index (χ1) is 17.7. The minimum absolute atomic E-state index is 0. The zero-order chi connectivity index (χ0) is 26.2. The quantitative estimate of drug-likeness (QED) is 0.367. The van der Waals surface area contributed by atoms with Crippen LogP contribution in [0.15, 0.2) is 65.6 Å². The van der Waals surface area contributed by atoms with E-state index < -0.39 is 28.1 Å². The summed E-state index contributed by atoms with van der Waals surface area (Å²) < 4.78 is 38.1. The third-order valence-electron chi connectivity index (χ3n) is 7.07. The Balaban J connectivity index is 0.00000187. The molecule has 1 saturated carbocycles. The lowest BCUT2D eigenvalue weighted by Crippen LogP contribution is -2.33. The molecule has 0 bridgehead atoms. The molecule has 8 nitrogen and oxygen atoms in total. The van der Waals surface area contributed by atoms with Crippen molar-refractivity contribution >= 4 is 15.8 Å². The number of aliphatic hydroxyl groups is 2. The Kier molecular flexibility index (Phi) is 6.80. The van der Waals surface area contributed by atoms with Crippen LogP contribution in [-0.2, 0) is 26.7 Å². The molecule has 9 heteroatoms. The van der Waals surface area contributed by atoms with Crippen LogP contribution < -0.4 is 14.2 Å². The second-order valence-electron chi connectivity index (χ2n) is 9.61. The van der Waals surface area contributed by atoms with Crippen LogP contribution in [0.3, 0.4) is 0 Å². The normalized spacial score (nSPS) is 16.4. The van der Waals surface area contributed by atoms with E-state index >= 15 is 0 Å². The number of carbonyl (C=O) groups is 1. The van der Waals surface area contributed by atoms with Gasteiger partial charge in [-0.3, -0.25) is 4.79 Å². The summed E-state index contributed by atoms with van der Waals surface area (Å²) in [6.07, 6.45) is 0.750. The minimum atomic E-state index is -3.82. The zero-order valence-electron chi connectivity index (χ0n) is 20.4. The summed E-state index contributed by atoms with van der Waals surface area (Å²) in [5, 5.41) is 18.3. The van der Waals surface area contributed by atoms with Crippen LogP contribution in [0.5, 0.6) is 11.5 Å². The Bertz CT molecular complexity index is 1440. The van der Waals surface area contributed by atoms with Crippen molar-refractivity contribution in [3.8, 4) is 22.6 Å². The van der Waals surface area contributed by atoms with Crippen molar-refractivity contribution in [3.05, 3.63) is 77.4 Å². The summed E-state index contributed by atoms with van der Waals surface area (Å²) >= 11 is 0. The van der Waals surface area contributed by atoms with Gasteiger partial charge in [0.05, 0.1) is 23.0 Å². The maximum Gasteiger partial charge on any atom is 0.240 e. The van der Waals surface area contributed by atoms with Gasteiger partial charge in [0, 0.05) is 17.2 Å². The first kappa shape index (κ1) is 25.4. The number of aryl methyl sites for hydroxylation is 1. The molecule has 1 fully saturated rings. The summed E-state index contributed by atoms with van der Waals surface area (Å²) in [6.45, 7) is 1.36. The van der Waals surface area contributed by atoms with E-state index in [9.17, 15) is 18.3 Å². The SMILES string of the molecule is Cc1ccc(CC(=O)C2(c3ccc4c(c3)OCO4)CC2)cc1-c1ccc(S(=O)(=O)NC[C@H](O)CO)cc1.[HH].[HH].[HH]. The highest BCUT2D eigenvalue weighted by molar-refractivity contribution is 7.89. The average Bonchev–Trinajstić information content (AvgIpc) is 3.59. The Hall–Kier alpha value is -3.24. The molecule has 0 radical (unpaired) electrons. The van der Waals surface area contributed by atoms with Crippen molar-refractivity contribution in [2.24, 2.45) is 0 Å². The van der Waals surface area contributed by atoms with Gasteiger partial charge in [-0.25, -0.2) is 13.1 Å². The molecule has 1 heterocycles. The molecule has 1 aliphatic heterocycles. The highest BCUT2D eigenvalue weighted by Crippen LogP contribution is 2.51. The van der Waals surface area contributed by atoms with Crippen LogP contribution in [0.4, 0.5) is 0 Å². The smallest absolute Gasteiger partial charge is 0.240 e. The van der Waals surface area contributed by atoms with Crippen LogP contribution >= 0.6 is 0 Å². The number of ether oxygens (including phenoxy) is 2. The van der Waals surface area contributed by atoms with Crippen LogP contribution in [0.25, 0.3) is 11.1 Å². The molecule has 3 N–H and O–H groups in total. The number of Topliss-reactive ketones (excluding diaryl/α,β-unsaturated/α-hetero) is 1. The number of aliphatic hydroxyl groups excluding tert-OH is 2. The Morgan fingerprint density at radius 1 is 1.05 bits per heavy atom. The topological polar surface area (TPSA) is 122 Å². The van der Waals surface area contributed by atoms with E-state index in [1.54, 1.807) is 12.1 Å². The van der Waals surface area contributed by atoms with Crippen molar-refractivity contribution in [1.82, 2.24) is 4.72 Å². The van der Waals surface area contributed by atoms with E-state index in [2.05, 4.69) is 4.72 Å². The fourth-order valence-electron chi connectivity index (χ4n) is 4.66. The first-order valence-electron chi connectivity index (χ1n) is 12.1. The van der Waals surface area contributed by atoms with Gasteiger partial charge < -0.3 is 19.7 Å². The summed E-state index contributed by atoms with van der Waals surface area (Å²) in [7, 11) is -3.82. The van der Waals surface area contributed by atoms with Crippen LogP contribution in [-0.4, -0.2) is 50.5 Å². The van der Waals surface area contributed by atoms with E-state index in [0.29, 0.717) is 17.9 Å². The molecule has 37 heavy (non-hydrogen) atoms. The summed E-state index contributed by atoms with van der Waals surface area (Å²) in [5.74, 6) is 1.55. The molecular formula is C28H35NO7S. The highest BCUT2D eigenvalue weighted by atomic mass is 32.2. The molecule has 0 spiro atoms. The van der Waals surface area contributed by atoms with Gasteiger partial charge in [-0.2, -0.15) is 0 Å². The number of ketones is 1. The van der Waals surface area contributed by atoms with Crippen molar-refractivity contribution in [2.75, 3.05) is 19.9 Å². The molecule has 1 aliphatic carbocycles. The van der Waals surface area contributed by atoms with Gasteiger partial charge in [-0.05, 0) is 71.8 Å². The van der Waals surface area contributed by atoms with E-state index in [1.165, 1.54) is 12.1 Å². The molecule has 3 aromatic carbocycles. The summed E-state index contributed by atoms with van der Waals surface area (Å²) in [6, 6.07) is 18.1. The maximum atomic E-state index is 13.4.